The predicted molar refractivity (Wildman–Crippen MR) is 121 cm³/mol. The Morgan fingerprint density at radius 1 is 1.22 bits per heavy atom. The fraction of sp³-hybridized carbons (Fsp3) is 0.250. The number of carboxylic acid groups (broad SMARTS) is 1. The Hall–Kier alpha value is -3.39. The Kier molecular flexibility index (Phi) is 5.88. The maximum absolute atomic E-state index is 13.9. The van der Waals surface area contributed by atoms with Gasteiger partial charge in [-0.3, -0.25) is 4.79 Å². The molecule has 0 aliphatic carbocycles. The van der Waals surface area contributed by atoms with E-state index in [0.29, 0.717) is 33.2 Å². The summed E-state index contributed by atoms with van der Waals surface area (Å²) in [6, 6.07) is 11.2. The molecule has 6 nitrogen and oxygen atoms in total. The number of ether oxygens (including phenoxy) is 2. The molecule has 166 valence electrons. The zero-order chi connectivity index (χ0) is 23.0. The number of halogens is 1. The summed E-state index contributed by atoms with van der Waals surface area (Å²) in [4.78, 5) is 25.4. The highest BCUT2D eigenvalue weighted by Crippen LogP contribution is 2.50. The minimum atomic E-state index is -1.13. The topological polar surface area (TPSA) is 84.9 Å². The van der Waals surface area contributed by atoms with Crippen molar-refractivity contribution in [1.82, 2.24) is 0 Å². The van der Waals surface area contributed by atoms with Crippen LogP contribution in [0.1, 0.15) is 46.3 Å². The van der Waals surface area contributed by atoms with Crippen LogP contribution in [0.15, 0.2) is 42.5 Å². The van der Waals surface area contributed by atoms with Crippen LogP contribution in [0.25, 0.3) is 11.1 Å². The summed E-state index contributed by atoms with van der Waals surface area (Å²) >= 11 is 1.10. The van der Waals surface area contributed by atoms with E-state index in [1.54, 1.807) is 19.2 Å². The molecular formula is C24H22FNO5S. The van der Waals surface area contributed by atoms with Gasteiger partial charge in [-0.25, -0.2) is 9.18 Å². The number of carboxylic acids is 1. The molecule has 0 fully saturated rings. The van der Waals surface area contributed by atoms with E-state index in [9.17, 15) is 19.1 Å². The van der Waals surface area contributed by atoms with Crippen molar-refractivity contribution < 1.29 is 28.6 Å². The van der Waals surface area contributed by atoms with Gasteiger partial charge in [-0.05, 0) is 49.2 Å². The molecule has 2 N–H and O–H groups in total. The first-order chi connectivity index (χ1) is 15.3. The van der Waals surface area contributed by atoms with Crippen LogP contribution in [0.4, 0.5) is 10.1 Å². The molecule has 1 aliphatic rings. The number of fused-ring (bicyclic) bond motifs is 1. The van der Waals surface area contributed by atoms with Crippen molar-refractivity contribution in [3.8, 4) is 22.6 Å². The van der Waals surface area contributed by atoms with Gasteiger partial charge in [0.05, 0.1) is 18.9 Å². The number of hydrogen-bond acceptors (Lipinski definition) is 5. The van der Waals surface area contributed by atoms with Gasteiger partial charge in [0, 0.05) is 22.8 Å². The van der Waals surface area contributed by atoms with Gasteiger partial charge in [-0.1, -0.05) is 18.2 Å². The van der Waals surface area contributed by atoms with Crippen molar-refractivity contribution in [2.45, 2.75) is 32.3 Å². The van der Waals surface area contributed by atoms with Gasteiger partial charge >= 0.3 is 5.97 Å². The largest absolute Gasteiger partial charge is 0.493 e. The van der Waals surface area contributed by atoms with Crippen LogP contribution < -0.4 is 14.8 Å². The second kappa shape index (κ2) is 8.63. The van der Waals surface area contributed by atoms with Gasteiger partial charge in [0.1, 0.15) is 10.7 Å². The van der Waals surface area contributed by atoms with Gasteiger partial charge in [-0.15, -0.1) is 11.3 Å². The molecule has 0 saturated carbocycles. The lowest BCUT2D eigenvalue weighted by Gasteiger charge is -2.25. The Labute approximate surface area is 188 Å². The first kappa shape index (κ1) is 21.8. The van der Waals surface area contributed by atoms with Crippen LogP contribution >= 0.6 is 11.3 Å². The van der Waals surface area contributed by atoms with Crippen molar-refractivity contribution in [2.75, 3.05) is 12.4 Å². The number of amides is 1. The summed E-state index contributed by atoms with van der Waals surface area (Å²) in [6.07, 6.45) is 0.119. The third-order valence-corrected chi connectivity index (χ3v) is 6.46. The van der Waals surface area contributed by atoms with E-state index in [-0.39, 0.29) is 29.2 Å². The Morgan fingerprint density at radius 2 is 2.00 bits per heavy atom. The number of aromatic carboxylic acids is 1. The van der Waals surface area contributed by atoms with E-state index in [1.807, 2.05) is 26.0 Å². The standard InChI is InChI=1S/C24H22FNO5S/c1-12(2)31-17-8-7-13(10-18(17)30-3)16-11-19(27)26-21-20(14-5-4-6-15(25)9-14)23(24(28)29)32-22(16)21/h4-10,12,16H,11H2,1-3H3,(H,26,27)(H,28,29)/t16-/m1/s1. The van der Waals surface area contributed by atoms with E-state index in [1.165, 1.54) is 18.2 Å². The highest BCUT2D eigenvalue weighted by atomic mass is 32.1. The average molecular weight is 456 g/mol. The third-order valence-electron chi connectivity index (χ3n) is 5.17. The minimum absolute atomic E-state index is 0.0361. The van der Waals surface area contributed by atoms with Crippen LogP contribution in [-0.2, 0) is 4.79 Å². The van der Waals surface area contributed by atoms with Crippen molar-refractivity contribution >= 4 is 28.9 Å². The summed E-state index contributed by atoms with van der Waals surface area (Å²) in [5.74, 6) is -1.10. The summed E-state index contributed by atoms with van der Waals surface area (Å²) in [5.41, 5.74) is 1.94. The zero-order valence-corrected chi connectivity index (χ0v) is 18.6. The van der Waals surface area contributed by atoms with Gasteiger partial charge in [0.2, 0.25) is 5.91 Å². The normalized spacial score (nSPS) is 15.3. The Balaban J connectivity index is 1.87. The average Bonchev–Trinajstić information content (AvgIpc) is 3.12. The molecule has 32 heavy (non-hydrogen) atoms. The number of thiophene rings is 1. The molecule has 8 heteroatoms. The number of nitrogens with one attached hydrogen (secondary N) is 1. The summed E-state index contributed by atoms with van der Waals surface area (Å²) in [7, 11) is 1.54. The third kappa shape index (κ3) is 4.05. The number of carbonyl (C=O) groups is 2. The molecule has 0 bridgehead atoms. The first-order valence-electron chi connectivity index (χ1n) is 10.1. The fourth-order valence-electron chi connectivity index (χ4n) is 3.88. The molecule has 0 spiro atoms. The highest BCUT2D eigenvalue weighted by Gasteiger charge is 2.35. The SMILES string of the molecule is COc1cc([C@H]2CC(=O)Nc3c2sc(C(=O)O)c3-c2cccc(F)c2)ccc1OC(C)C. The molecule has 1 amide bonds. The maximum Gasteiger partial charge on any atom is 0.346 e. The molecule has 2 heterocycles. The molecule has 1 atom stereocenters. The second-order valence-electron chi connectivity index (χ2n) is 7.74. The molecule has 1 aromatic heterocycles. The van der Waals surface area contributed by atoms with E-state index in [4.69, 9.17) is 9.47 Å². The number of anilines is 1. The van der Waals surface area contributed by atoms with E-state index < -0.39 is 11.8 Å². The molecule has 3 aromatic rings. The van der Waals surface area contributed by atoms with Crippen LogP contribution in [0, 0.1) is 5.82 Å². The quantitative estimate of drug-likeness (QED) is 0.511. The lowest BCUT2D eigenvalue weighted by molar-refractivity contribution is -0.116. The summed E-state index contributed by atoms with van der Waals surface area (Å²) in [6.45, 7) is 3.83. The highest BCUT2D eigenvalue weighted by molar-refractivity contribution is 7.15. The molecule has 0 unspecified atom stereocenters. The van der Waals surface area contributed by atoms with Gasteiger partial charge in [0.25, 0.3) is 0 Å². The van der Waals surface area contributed by atoms with Crippen LogP contribution in [0.3, 0.4) is 0 Å². The number of carbonyl (C=O) groups excluding carboxylic acids is 1. The monoisotopic (exact) mass is 455 g/mol. The molecule has 1 aliphatic heterocycles. The summed E-state index contributed by atoms with van der Waals surface area (Å²) in [5, 5.41) is 12.7. The van der Waals surface area contributed by atoms with Crippen molar-refractivity contribution in [2.24, 2.45) is 0 Å². The number of rotatable bonds is 6. The van der Waals surface area contributed by atoms with Gasteiger partial charge in [0.15, 0.2) is 11.5 Å². The number of methoxy groups -OCH3 is 1. The molecule has 2 aromatic carbocycles. The fourth-order valence-corrected chi connectivity index (χ4v) is 5.12. The predicted octanol–water partition coefficient (Wildman–Crippen LogP) is 5.52. The van der Waals surface area contributed by atoms with Crippen molar-refractivity contribution in [3.63, 3.8) is 0 Å². The van der Waals surface area contributed by atoms with Crippen LogP contribution in [-0.4, -0.2) is 30.2 Å². The molecule has 0 saturated heterocycles. The lowest BCUT2D eigenvalue weighted by Crippen LogP contribution is -2.22. The first-order valence-corrected chi connectivity index (χ1v) is 10.9. The van der Waals surface area contributed by atoms with E-state index in [0.717, 1.165) is 16.9 Å². The van der Waals surface area contributed by atoms with Crippen LogP contribution in [0.5, 0.6) is 11.5 Å². The van der Waals surface area contributed by atoms with E-state index in [2.05, 4.69) is 5.32 Å². The number of benzene rings is 2. The van der Waals surface area contributed by atoms with Gasteiger partial charge in [-0.2, -0.15) is 0 Å². The smallest absolute Gasteiger partial charge is 0.346 e. The number of hydrogen-bond donors (Lipinski definition) is 2. The lowest BCUT2D eigenvalue weighted by atomic mass is 9.88. The van der Waals surface area contributed by atoms with Crippen molar-refractivity contribution in [1.29, 1.82) is 0 Å². The molecule has 0 radical (unpaired) electrons. The molecule has 4 rings (SSSR count). The van der Waals surface area contributed by atoms with Crippen molar-refractivity contribution in [3.05, 3.63) is 63.6 Å². The Bertz CT molecular complexity index is 1200. The summed E-state index contributed by atoms with van der Waals surface area (Å²) < 4.78 is 25.2. The zero-order valence-electron chi connectivity index (χ0n) is 17.8. The van der Waals surface area contributed by atoms with E-state index >= 15 is 0 Å². The van der Waals surface area contributed by atoms with Gasteiger partial charge < -0.3 is 19.9 Å². The maximum atomic E-state index is 13.9. The molecular weight excluding hydrogens is 433 g/mol. The second-order valence-corrected chi connectivity index (χ2v) is 8.79. The minimum Gasteiger partial charge on any atom is -0.493 e. The Morgan fingerprint density at radius 3 is 2.66 bits per heavy atom. The van der Waals surface area contributed by atoms with Crippen LogP contribution in [0.2, 0.25) is 0 Å².